The molecule has 0 saturated carbocycles. The molecule has 0 saturated heterocycles. The van der Waals surface area contributed by atoms with Crippen LogP contribution in [0.5, 0.6) is 0 Å². The van der Waals surface area contributed by atoms with Crippen LogP contribution in [0.3, 0.4) is 0 Å². The number of ketones is 1. The molecule has 0 bridgehead atoms. The second-order valence-electron chi connectivity index (χ2n) is 2.60. The van der Waals surface area contributed by atoms with E-state index in [9.17, 15) is 18.0 Å². The van der Waals surface area contributed by atoms with Gasteiger partial charge in [0.1, 0.15) is 12.1 Å². The van der Waals surface area contributed by atoms with E-state index in [1.807, 2.05) is 0 Å². The molecule has 0 aliphatic heterocycles. The van der Waals surface area contributed by atoms with Crippen LogP contribution in [0.15, 0.2) is 12.5 Å². The Morgan fingerprint density at radius 1 is 1.62 bits per heavy atom. The highest BCUT2D eigenvalue weighted by Gasteiger charge is 2.32. The van der Waals surface area contributed by atoms with Gasteiger partial charge >= 0.3 is 6.30 Å². The van der Waals surface area contributed by atoms with Crippen LogP contribution in [0.2, 0.25) is 0 Å². The van der Waals surface area contributed by atoms with Crippen LogP contribution >= 0.6 is 0 Å². The lowest BCUT2D eigenvalue weighted by molar-refractivity contribution is -0.205. The number of carbonyl (C=O) groups is 1. The van der Waals surface area contributed by atoms with Crippen molar-refractivity contribution in [3.8, 4) is 0 Å². The van der Waals surface area contributed by atoms with E-state index in [-0.39, 0.29) is 22.5 Å². The summed E-state index contributed by atoms with van der Waals surface area (Å²) in [6.45, 7) is 1.23. The Bertz CT molecular complexity index is 316. The smallest absolute Gasteiger partial charge is 0.300 e. The van der Waals surface area contributed by atoms with Gasteiger partial charge in [-0.15, -0.1) is 13.2 Å². The summed E-state index contributed by atoms with van der Waals surface area (Å²) < 4.78 is 36.5. The Morgan fingerprint density at radius 2 is 2.23 bits per heavy atom. The van der Waals surface area contributed by atoms with Crippen LogP contribution in [-0.2, 0) is 17.5 Å². The second kappa shape index (κ2) is 3.20. The molecule has 13 heavy (non-hydrogen) atoms. The summed E-state index contributed by atoms with van der Waals surface area (Å²) in [6, 6.07) is 0. The lowest BCUT2D eigenvalue weighted by Gasteiger charge is -2.09. The molecule has 6 heteroatoms. The summed E-state index contributed by atoms with van der Waals surface area (Å²) in [4.78, 5) is 13.9. The summed E-state index contributed by atoms with van der Waals surface area (Å²) in [6.07, 6.45) is -3.06. The number of hydrogen-bond acceptors (Lipinski definition) is 2. The predicted octanol–water partition coefficient (Wildman–Crippen LogP) is 1.49. The van der Waals surface area contributed by atoms with Crippen LogP contribution in [0.4, 0.5) is 13.2 Å². The van der Waals surface area contributed by atoms with E-state index in [1.165, 1.54) is 6.92 Å². The molecule has 72 valence electrons. The molecule has 0 aliphatic rings. The molecule has 1 aromatic heterocycles. The number of halogens is 3. The zero-order chi connectivity index (χ0) is 10.1. The highest BCUT2D eigenvalue weighted by atomic mass is 19.4. The van der Waals surface area contributed by atoms with E-state index in [1.54, 1.807) is 0 Å². The number of hydrogen-bond donors (Lipinski definition) is 0. The van der Waals surface area contributed by atoms with Crippen LogP contribution in [0.25, 0.3) is 0 Å². The molecule has 0 N–H and O–H groups in total. The van der Waals surface area contributed by atoms with Crippen LogP contribution in [0, 0.1) is 0 Å². The SMILES string of the molecule is CC(=O)Cc1cncn1C(F)(F)F. The summed E-state index contributed by atoms with van der Waals surface area (Å²) in [5, 5.41) is 0. The van der Waals surface area contributed by atoms with Gasteiger partial charge in [-0.1, -0.05) is 0 Å². The molecule has 0 spiro atoms. The third-order valence-electron chi connectivity index (χ3n) is 1.42. The number of imidazole rings is 1. The van der Waals surface area contributed by atoms with E-state index >= 15 is 0 Å². The molecule has 3 nitrogen and oxygen atoms in total. The summed E-state index contributed by atoms with van der Waals surface area (Å²) in [5.41, 5.74) is -0.139. The molecule has 1 rings (SSSR count). The average molecular weight is 192 g/mol. The van der Waals surface area contributed by atoms with Crippen molar-refractivity contribution < 1.29 is 18.0 Å². The van der Waals surface area contributed by atoms with E-state index in [0.29, 0.717) is 6.33 Å². The van der Waals surface area contributed by atoms with E-state index in [2.05, 4.69) is 4.98 Å². The van der Waals surface area contributed by atoms with Gasteiger partial charge in [0.05, 0.1) is 5.69 Å². The Morgan fingerprint density at radius 3 is 2.69 bits per heavy atom. The van der Waals surface area contributed by atoms with Gasteiger partial charge in [-0.25, -0.2) is 9.55 Å². The van der Waals surface area contributed by atoms with Gasteiger partial charge in [-0.3, -0.25) is 4.79 Å². The van der Waals surface area contributed by atoms with Gasteiger partial charge in [0, 0.05) is 12.6 Å². The van der Waals surface area contributed by atoms with Crippen LogP contribution in [-0.4, -0.2) is 15.3 Å². The first-order valence-electron chi connectivity index (χ1n) is 3.49. The van der Waals surface area contributed by atoms with Gasteiger partial charge in [-0.2, -0.15) is 0 Å². The topological polar surface area (TPSA) is 34.9 Å². The van der Waals surface area contributed by atoms with E-state index < -0.39 is 6.30 Å². The maximum Gasteiger partial charge on any atom is 0.489 e. The van der Waals surface area contributed by atoms with E-state index in [0.717, 1.165) is 6.20 Å². The van der Waals surface area contributed by atoms with Crippen molar-refractivity contribution in [2.45, 2.75) is 19.6 Å². The monoisotopic (exact) mass is 192 g/mol. The van der Waals surface area contributed by atoms with Crippen molar-refractivity contribution in [3.63, 3.8) is 0 Å². The number of rotatable bonds is 2. The van der Waals surface area contributed by atoms with Gasteiger partial charge in [0.15, 0.2) is 0 Å². The number of Topliss-reactive ketones (excluding diaryl/α,β-unsaturated/α-hetero) is 1. The summed E-state index contributed by atoms with van der Waals surface area (Å²) in [7, 11) is 0. The highest BCUT2D eigenvalue weighted by molar-refractivity contribution is 5.77. The molecular weight excluding hydrogens is 185 g/mol. The Labute approximate surface area is 72.2 Å². The lowest BCUT2D eigenvalue weighted by Crippen LogP contribution is -2.19. The lowest BCUT2D eigenvalue weighted by atomic mass is 10.2. The van der Waals surface area contributed by atoms with Crippen molar-refractivity contribution >= 4 is 5.78 Å². The molecule has 0 aliphatic carbocycles. The molecule has 1 aromatic rings. The van der Waals surface area contributed by atoms with Crippen molar-refractivity contribution in [2.24, 2.45) is 0 Å². The third-order valence-corrected chi connectivity index (χ3v) is 1.42. The Balaban J connectivity index is 2.96. The molecule has 0 aromatic carbocycles. The fourth-order valence-corrected chi connectivity index (χ4v) is 0.937. The zero-order valence-corrected chi connectivity index (χ0v) is 6.80. The fourth-order valence-electron chi connectivity index (χ4n) is 0.937. The first kappa shape index (κ1) is 9.76. The van der Waals surface area contributed by atoms with Crippen molar-refractivity contribution in [3.05, 3.63) is 18.2 Å². The Kier molecular flexibility index (Phi) is 2.40. The molecular formula is C7H7F3N2O. The average Bonchev–Trinajstić information content (AvgIpc) is 2.31. The van der Waals surface area contributed by atoms with Crippen molar-refractivity contribution in [1.29, 1.82) is 0 Å². The molecule has 0 radical (unpaired) electrons. The Hall–Kier alpha value is -1.33. The van der Waals surface area contributed by atoms with Crippen LogP contribution < -0.4 is 0 Å². The molecule has 0 amide bonds. The second-order valence-corrected chi connectivity index (χ2v) is 2.60. The first-order valence-corrected chi connectivity index (χ1v) is 3.49. The highest BCUT2D eigenvalue weighted by Crippen LogP contribution is 2.23. The maximum atomic E-state index is 12.1. The minimum Gasteiger partial charge on any atom is -0.300 e. The predicted molar refractivity (Wildman–Crippen MR) is 37.9 cm³/mol. The van der Waals surface area contributed by atoms with Crippen molar-refractivity contribution in [1.82, 2.24) is 9.55 Å². The molecule has 0 fully saturated rings. The van der Waals surface area contributed by atoms with Gasteiger partial charge in [0.2, 0.25) is 0 Å². The number of alkyl halides is 3. The van der Waals surface area contributed by atoms with Gasteiger partial charge in [-0.05, 0) is 6.92 Å². The molecule has 0 atom stereocenters. The summed E-state index contributed by atoms with van der Waals surface area (Å²) >= 11 is 0. The fraction of sp³-hybridized carbons (Fsp3) is 0.429. The minimum absolute atomic E-state index is 0.0361. The first-order chi connectivity index (χ1) is 5.91. The third kappa shape index (κ3) is 2.30. The quantitative estimate of drug-likeness (QED) is 0.711. The molecule has 1 heterocycles. The van der Waals surface area contributed by atoms with Crippen molar-refractivity contribution in [2.75, 3.05) is 0 Å². The largest absolute Gasteiger partial charge is 0.489 e. The number of nitrogens with zero attached hydrogens (tertiary/aromatic N) is 2. The van der Waals surface area contributed by atoms with Crippen LogP contribution in [0.1, 0.15) is 12.6 Å². The van der Waals surface area contributed by atoms with Gasteiger partial charge in [0.25, 0.3) is 0 Å². The summed E-state index contributed by atoms with van der Waals surface area (Å²) in [5.74, 6) is -0.328. The maximum absolute atomic E-state index is 12.1. The zero-order valence-electron chi connectivity index (χ0n) is 6.80. The van der Waals surface area contributed by atoms with Gasteiger partial charge < -0.3 is 0 Å². The molecule has 0 unspecified atom stereocenters. The van der Waals surface area contributed by atoms with E-state index in [4.69, 9.17) is 0 Å². The normalized spacial score (nSPS) is 11.7. The minimum atomic E-state index is -4.50. The standard InChI is InChI=1S/C7H7F3N2O/c1-5(13)2-6-3-11-4-12(6)7(8,9)10/h3-4H,2H2,1H3. The number of carbonyl (C=O) groups excluding carboxylic acids is 1. The number of aromatic nitrogens is 2.